The van der Waals surface area contributed by atoms with Crippen molar-refractivity contribution in [2.24, 2.45) is 7.05 Å². The van der Waals surface area contributed by atoms with Gasteiger partial charge in [0, 0.05) is 44.4 Å². The van der Waals surface area contributed by atoms with Crippen LogP contribution in [0.25, 0.3) is 0 Å². The van der Waals surface area contributed by atoms with Crippen molar-refractivity contribution in [3.05, 3.63) is 47.3 Å². The Morgan fingerprint density at radius 2 is 2.24 bits per heavy atom. The summed E-state index contributed by atoms with van der Waals surface area (Å²) in [4.78, 5) is 12.0. The molecule has 2 amide bonds. The van der Waals surface area contributed by atoms with Gasteiger partial charge < -0.3 is 15.4 Å². The monoisotopic (exact) mass is 342 g/mol. The standard InChI is InChI=1S/C19H26N4O2/c1-23-16(9-11-22-23)8-10-20-19(24)21-13-15-5-3-4-14-12-17(25-2)6-7-18(14)15/h6-7,9,11-12,15H,3-5,8,10,13H2,1-2H3,(H2,20,21,24). The number of methoxy groups -OCH3 is 1. The number of amides is 2. The maximum absolute atomic E-state index is 12.0. The minimum Gasteiger partial charge on any atom is -0.497 e. The Balaban J connectivity index is 1.47. The number of carbonyl (C=O) groups excluding carboxylic acids is 1. The molecule has 0 radical (unpaired) electrons. The number of aromatic nitrogens is 2. The molecule has 1 aliphatic rings. The van der Waals surface area contributed by atoms with Crippen LogP contribution in [0.5, 0.6) is 5.75 Å². The first kappa shape index (κ1) is 17.3. The van der Waals surface area contributed by atoms with Gasteiger partial charge in [0.25, 0.3) is 0 Å². The smallest absolute Gasteiger partial charge is 0.314 e. The molecule has 0 saturated heterocycles. The van der Waals surface area contributed by atoms with Gasteiger partial charge in [0.05, 0.1) is 7.11 Å². The van der Waals surface area contributed by atoms with E-state index in [9.17, 15) is 4.79 Å². The van der Waals surface area contributed by atoms with Crippen LogP contribution >= 0.6 is 0 Å². The van der Waals surface area contributed by atoms with Gasteiger partial charge in [-0.05, 0) is 48.6 Å². The number of ether oxygens (including phenoxy) is 1. The topological polar surface area (TPSA) is 68.2 Å². The Bertz CT molecular complexity index is 726. The summed E-state index contributed by atoms with van der Waals surface area (Å²) in [5, 5.41) is 10.1. The Labute approximate surface area is 148 Å². The van der Waals surface area contributed by atoms with Gasteiger partial charge in [-0.1, -0.05) is 6.07 Å². The minimum atomic E-state index is -0.109. The molecule has 6 nitrogen and oxygen atoms in total. The van der Waals surface area contributed by atoms with Crippen molar-refractivity contribution in [2.45, 2.75) is 31.6 Å². The average molecular weight is 342 g/mol. The van der Waals surface area contributed by atoms with E-state index >= 15 is 0 Å². The van der Waals surface area contributed by atoms with Crippen LogP contribution < -0.4 is 15.4 Å². The second kappa shape index (κ2) is 8.05. The number of nitrogens with zero attached hydrogens (tertiary/aromatic N) is 2. The van der Waals surface area contributed by atoms with Crippen molar-refractivity contribution in [1.82, 2.24) is 20.4 Å². The fraction of sp³-hybridized carbons (Fsp3) is 0.474. The molecule has 25 heavy (non-hydrogen) atoms. The Morgan fingerprint density at radius 3 is 3.00 bits per heavy atom. The molecule has 1 aromatic heterocycles. The van der Waals surface area contributed by atoms with Crippen molar-refractivity contribution in [3.8, 4) is 5.75 Å². The first-order valence-corrected chi connectivity index (χ1v) is 8.82. The molecule has 2 aromatic rings. The average Bonchev–Trinajstić information content (AvgIpc) is 3.04. The Hall–Kier alpha value is -2.50. The first-order valence-electron chi connectivity index (χ1n) is 8.82. The molecular formula is C19H26N4O2. The molecule has 1 aliphatic carbocycles. The lowest BCUT2D eigenvalue weighted by Crippen LogP contribution is -2.39. The van der Waals surface area contributed by atoms with Gasteiger partial charge >= 0.3 is 6.03 Å². The third-order valence-corrected chi connectivity index (χ3v) is 4.89. The van der Waals surface area contributed by atoms with Crippen molar-refractivity contribution in [2.75, 3.05) is 20.2 Å². The molecule has 2 N–H and O–H groups in total. The van der Waals surface area contributed by atoms with Crippen LogP contribution in [-0.2, 0) is 19.9 Å². The molecule has 0 bridgehead atoms. The summed E-state index contributed by atoms with van der Waals surface area (Å²) in [5.41, 5.74) is 3.78. The van der Waals surface area contributed by atoms with Crippen LogP contribution in [-0.4, -0.2) is 36.0 Å². The zero-order chi connectivity index (χ0) is 17.6. The molecule has 3 rings (SSSR count). The fourth-order valence-electron chi connectivity index (χ4n) is 3.46. The summed E-state index contributed by atoms with van der Waals surface area (Å²) in [5.74, 6) is 1.28. The minimum absolute atomic E-state index is 0.109. The van der Waals surface area contributed by atoms with Gasteiger partial charge in [-0.15, -0.1) is 0 Å². The first-order chi connectivity index (χ1) is 12.2. The number of nitrogens with one attached hydrogen (secondary N) is 2. The SMILES string of the molecule is COc1ccc2c(c1)CCCC2CNC(=O)NCCc1ccnn1C. The third kappa shape index (κ3) is 4.32. The molecule has 0 fully saturated rings. The summed E-state index contributed by atoms with van der Waals surface area (Å²) in [7, 11) is 3.60. The van der Waals surface area contributed by atoms with Crippen LogP contribution in [0.3, 0.4) is 0 Å². The molecule has 134 valence electrons. The van der Waals surface area contributed by atoms with Crippen molar-refractivity contribution in [1.29, 1.82) is 0 Å². The van der Waals surface area contributed by atoms with E-state index in [1.807, 2.05) is 23.9 Å². The summed E-state index contributed by atoms with van der Waals surface area (Å²) >= 11 is 0. The van der Waals surface area contributed by atoms with E-state index in [4.69, 9.17) is 4.74 Å². The van der Waals surface area contributed by atoms with Crippen LogP contribution in [0.1, 0.15) is 35.6 Å². The van der Waals surface area contributed by atoms with Gasteiger partial charge in [-0.3, -0.25) is 4.68 Å². The molecule has 1 heterocycles. The summed E-state index contributed by atoms with van der Waals surface area (Å²) in [6.07, 6.45) is 5.88. The van der Waals surface area contributed by atoms with Gasteiger partial charge in [0.1, 0.15) is 5.75 Å². The number of rotatable bonds is 6. The molecular weight excluding hydrogens is 316 g/mol. The van der Waals surface area contributed by atoms with Crippen LogP contribution in [0, 0.1) is 0 Å². The second-order valence-corrected chi connectivity index (χ2v) is 6.49. The largest absolute Gasteiger partial charge is 0.497 e. The number of fused-ring (bicyclic) bond motifs is 1. The van der Waals surface area contributed by atoms with Crippen LogP contribution in [0.2, 0.25) is 0 Å². The zero-order valence-corrected chi connectivity index (χ0v) is 14.9. The highest BCUT2D eigenvalue weighted by molar-refractivity contribution is 5.73. The van der Waals surface area contributed by atoms with E-state index < -0.39 is 0 Å². The lowest BCUT2D eigenvalue weighted by molar-refractivity contribution is 0.240. The molecule has 1 unspecified atom stereocenters. The lowest BCUT2D eigenvalue weighted by Gasteiger charge is -2.26. The fourth-order valence-corrected chi connectivity index (χ4v) is 3.46. The van der Waals surface area contributed by atoms with E-state index in [0.717, 1.165) is 37.1 Å². The van der Waals surface area contributed by atoms with Crippen molar-refractivity contribution in [3.63, 3.8) is 0 Å². The summed E-state index contributed by atoms with van der Waals surface area (Å²) in [6.45, 7) is 1.26. The maximum Gasteiger partial charge on any atom is 0.314 e. The van der Waals surface area contributed by atoms with E-state index in [0.29, 0.717) is 19.0 Å². The highest BCUT2D eigenvalue weighted by atomic mass is 16.5. The third-order valence-electron chi connectivity index (χ3n) is 4.89. The number of hydrogen-bond acceptors (Lipinski definition) is 3. The Kier molecular flexibility index (Phi) is 5.58. The normalized spacial score (nSPS) is 16.2. The highest BCUT2D eigenvalue weighted by Gasteiger charge is 2.21. The predicted molar refractivity (Wildman–Crippen MR) is 97.0 cm³/mol. The molecule has 1 aromatic carbocycles. The number of carbonyl (C=O) groups is 1. The Morgan fingerprint density at radius 1 is 1.36 bits per heavy atom. The number of urea groups is 1. The molecule has 6 heteroatoms. The van der Waals surface area contributed by atoms with E-state index in [1.54, 1.807) is 13.3 Å². The maximum atomic E-state index is 12.0. The number of benzene rings is 1. The summed E-state index contributed by atoms with van der Waals surface area (Å²) < 4.78 is 7.14. The van der Waals surface area contributed by atoms with Gasteiger partial charge in [0.15, 0.2) is 0 Å². The molecule has 0 aliphatic heterocycles. The molecule has 0 spiro atoms. The zero-order valence-electron chi connectivity index (χ0n) is 14.9. The summed E-state index contributed by atoms with van der Waals surface area (Å²) in [6, 6.07) is 8.12. The lowest BCUT2D eigenvalue weighted by atomic mass is 9.82. The van der Waals surface area contributed by atoms with Gasteiger partial charge in [0.2, 0.25) is 0 Å². The molecule has 1 atom stereocenters. The van der Waals surface area contributed by atoms with E-state index in [-0.39, 0.29) is 6.03 Å². The van der Waals surface area contributed by atoms with E-state index in [2.05, 4.69) is 27.9 Å². The van der Waals surface area contributed by atoms with Crippen LogP contribution in [0.15, 0.2) is 30.5 Å². The number of hydrogen-bond donors (Lipinski definition) is 2. The van der Waals surface area contributed by atoms with Crippen molar-refractivity contribution >= 4 is 6.03 Å². The van der Waals surface area contributed by atoms with Gasteiger partial charge in [-0.25, -0.2) is 4.79 Å². The number of aryl methyl sites for hydroxylation is 2. The predicted octanol–water partition coefficient (Wildman–Crippen LogP) is 2.39. The van der Waals surface area contributed by atoms with Crippen LogP contribution in [0.4, 0.5) is 4.79 Å². The van der Waals surface area contributed by atoms with E-state index in [1.165, 1.54) is 11.1 Å². The highest BCUT2D eigenvalue weighted by Crippen LogP contribution is 2.33. The molecule has 0 saturated carbocycles. The quantitative estimate of drug-likeness (QED) is 0.847. The van der Waals surface area contributed by atoms with Gasteiger partial charge in [-0.2, -0.15) is 5.10 Å². The second-order valence-electron chi connectivity index (χ2n) is 6.49. The van der Waals surface area contributed by atoms with Crippen molar-refractivity contribution < 1.29 is 9.53 Å².